The van der Waals surface area contributed by atoms with Crippen LogP contribution in [0.2, 0.25) is 5.02 Å². The van der Waals surface area contributed by atoms with E-state index in [4.69, 9.17) is 16.0 Å². The first-order valence-corrected chi connectivity index (χ1v) is 7.07. The van der Waals surface area contributed by atoms with Crippen molar-refractivity contribution < 1.29 is 14.3 Å². The number of fused-ring (bicyclic) bond motifs is 1. The summed E-state index contributed by atoms with van der Waals surface area (Å²) in [5, 5.41) is 13.8. The highest BCUT2D eigenvalue weighted by Gasteiger charge is 2.16. The third-order valence-electron chi connectivity index (χ3n) is 3.29. The summed E-state index contributed by atoms with van der Waals surface area (Å²) in [7, 11) is 0. The summed E-state index contributed by atoms with van der Waals surface area (Å²) in [5.41, 5.74) is 0.937. The molecule has 6 heteroatoms. The smallest absolute Gasteiger partial charge is 0.253 e. The lowest BCUT2D eigenvalue weighted by Gasteiger charge is -2.11. The Labute approximate surface area is 131 Å². The van der Waals surface area contributed by atoms with E-state index < -0.39 is 6.10 Å². The highest BCUT2D eigenvalue weighted by molar-refractivity contribution is 6.36. The van der Waals surface area contributed by atoms with Gasteiger partial charge in [0.05, 0.1) is 28.9 Å². The number of hydrogen-bond acceptors (Lipinski definition) is 4. The number of amides is 1. The molecule has 2 heterocycles. The molecular formula is C16H13ClN2O3. The number of furan rings is 1. The van der Waals surface area contributed by atoms with Crippen LogP contribution in [-0.2, 0) is 0 Å². The highest BCUT2D eigenvalue weighted by atomic mass is 35.5. The molecule has 112 valence electrons. The van der Waals surface area contributed by atoms with Crippen LogP contribution in [0.3, 0.4) is 0 Å². The van der Waals surface area contributed by atoms with Crippen LogP contribution < -0.4 is 5.32 Å². The molecular weight excluding hydrogens is 304 g/mol. The number of hydrogen-bond donors (Lipinski definition) is 2. The van der Waals surface area contributed by atoms with E-state index in [-0.39, 0.29) is 12.5 Å². The fourth-order valence-electron chi connectivity index (χ4n) is 2.19. The molecule has 0 saturated carbocycles. The number of nitrogens with zero attached hydrogens (tertiary/aromatic N) is 1. The molecule has 1 amide bonds. The maximum Gasteiger partial charge on any atom is 0.253 e. The Balaban J connectivity index is 1.80. The van der Waals surface area contributed by atoms with E-state index in [1.165, 1.54) is 6.26 Å². The van der Waals surface area contributed by atoms with Gasteiger partial charge in [-0.05, 0) is 36.4 Å². The molecule has 5 nitrogen and oxygen atoms in total. The lowest BCUT2D eigenvalue weighted by molar-refractivity contribution is 0.0902. The second-order valence-corrected chi connectivity index (χ2v) is 5.14. The fraction of sp³-hybridized carbons (Fsp3) is 0.125. The van der Waals surface area contributed by atoms with Crippen LogP contribution in [0.1, 0.15) is 22.2 Å². The van der Waals surface area contributed by atoms with Crippen LogP contribution >= 0.6 is 11.6 Å². The van der Waals surface area contributed by atoms with Crippen LogP contribution in [0, 0.1) is 0 Å². The van der Waals surface area contributed by atoms with Gasteiger partial charge in [-0.1, -0.05) is 11.6 Å². The number of halogens is 1. The van der Waals surface area contributed by atoms with Crippen molar-refractivity contribution in [1.82, 2.24) is 10.3 Å². The topological polar surface area (TPSA) is 75.4 Å². The average Bonchev–Trinajstić information content (AvgIpc) is 3.07. The Morgan fingerprint density at radius 1 is 1.32 bits per heavy atom. The van der Waals surface area contributed by atoms with E-state index in [9.17, 15) is 9.90 Å². The Hall–Kier alpha value is -2.37. The monoisotopic (exact) mass is 316 g/mol. The van der Waals surface area contributed by atoms with E-state index in [1.54, 1.807) is 42.6 Å². The van der Waals surface area contributed by atoms with Crippen molar-refractivity contribution in [2.45, 2.75) is 6.10 Å². The van der Waals surface area contributed by atoms with Crippen molar-refractivity contribution in [2.24, 2.45) is 0 Å². The van der Waals surface area contributed by atoms with Gasteiger partial charge in [-0.3, -0.25) is 9.78 Å². The zero-order valence-electron chi connectivity index (χ0n) is 11.5. The van der Waals surface area contributed by atoms with Crippen molar-refractivity contribution >= 4 is 28.4 Å². The van der Waals surface area contributed by atoms with E-state index in [2.05, 4.69) is 10.3 Å². The number of aromatic nitrogens is 1. The number of aliphatic hydroxyl groups excluding tert-OH is 1. The maximum absolute atomic E-state index is 12.3. The summed E-state index contributed by atoms with van der Waals surface area (Å²) >= 11 is 6.10. The molecule has 0 saturated heterocycles. The quantitative estimate of drug-likeness (QED) is 0.776. The first kappa shape index (κ1) is 14.6. The molecule has 0 fully saturated rings. The summed E-state index contributed by atoms with van der Waals surface area (Å²) in [4.78, 5) is 16.5. The minimum atomic E-state index is -0.898. The van der Waals surface area contributed by atoms with Crippen LogP contribution in [0.5, 0.6) is 0 Å². The number of carbonyl (C=O) groups excluding carboxylic acids is 1. The molecule has 1 atom stereocenters. The van der Waals surface area contributed by atoms with Gasteiger partial charge in [0.1, 0.15) is 11.9 Å². The summed E-state index contributed by atoms with van der Waals surface area (Å²) < 4.78 is 5.09. The lowest BCUT2D eigenvalue weighted by atomic mass is 10.1. The normalized spacial score (nSPS) is 12.3. The number of aliphatic hydroxyl groups is 1. The zero-order valence-corrected chi connectivity index (χ0v) is 12.2. The molecule has 0 aliphatic rings. The van der Waals surface area contributed by atoms with Crippen LogP contribution in [0.25, 0.3) is 10.9 Å². The van der Waals surface area contributed by atoms with Crippen LogP contribution in [0.15, 0.2) is 53.3 Å². The first-order valence-electron chi connectivity index (χ1n) is 6.69. The first-order chi connectivity index (χ1) is 10.7. The second kappa shape index (κ2) is 6.17. The SMILES string of the molecule is O=C(NCC(O)c1ccco1)c1ccc(Cl)c2cccnc12. The summed E-state index contributed by atoms with van der Waals surface area (Å²) in [6.45, 7) is 0.0449. The minimum absolute atomic E-state index is 0.0449. The number of rotatable bonds is 4. The van der Waals surface area contributed by atoms with Crippen molar-refractivity contribution in [3.8, 4) is 0 Å². The average molecular weight is 317 g/mol. The van der Waals surface area contributed by atoms with Gasteiger partial charge in [-0.25, -0.2) is 0 Å². The predicted octanol–water partition coefficient (Wildman–Crippen LogP) is 2.94. The molecule has 2 aromatic heterocycles. The molecule has 0 aliphatic heterocycles. The predicted molar refractivity (Wildman–Crippen MR) is 82.8 cm³/mol. The fourth-order valence-corrected chi connectivity index (χ4v) is 2.40. The van der Waals surface area contributed by atoms with Gasteiger partial charge in [0, 0.05) is 11.6 Å². The van der Waals surface area contributed by atoms with Gasteiger partial charge >= 0.3 is 0 Å². The zero-order chi connectivity index (χ0) is 15.5. The summed E-state index contributed by atoms with van der Waals surface area (Å²) in [6, 6.07) is 10.2. The van der Waals surface area contributed by atoms with Gasteiger partial charge in [-0.15, -0.1) is 0 Å². The number of nitrogens with one attached hydrogen (secondary N) is 1. The molecule has 0 aliphatic carbocycles. The molecule has 22 heavy (non-hydrogen) atoms. The maximum atomic E-state index is 12.3. The molecule has 1 aromatic carbocycles. The summed E-state index contributed by atoms with van der Waals surface area (Å²) in [6.07, 6.45) is 2.18. The third-order valence-corrected chi connectivity index (χ3v) is 3.62. The van der Waals surface area contributed by atoms with Crippen molar-refractivity contribution in [1.29, 1.82) is 0 Å². The largest absolute Gasteiger partial charge is 0.467 e. The highest BCUT2D eigenvalue weighted by Crippen LogP contribution is 2.24. The van der Waals surface area contributed by atoms with E-state index in [0.717, 1.165) is 0 Å². The number of carbonyl (C=O) groups is 1. The minimum Gasteiger partial charge on any atom is -0.467 e. The van der Waals surface area contributed by atoms with Crippen LogP contribution in [0.4, 0.5) is 0 Å². The van der Waals surface area contributed by atoms with Gasteiger partial charge < -0.3 is 14.8 Å². The van der Waals surface area contributed by atoms with E-state index >= 15 is 0 Å². The molecule has 2 N–H and O–H groups in total. The van der Waals surface area contributed by atoms with E-state index in [0.29, 0.717) is 27.2 Å². The third kappa shape index (κ3) is 2.81. The van der Waals surface area contributed by atoms with Crippen molar-refractivity contribution in [3.05, 3.63) is 65.2 Å². The van der Waals surface area contributed by atoms with Crippen molar-refractivity contribution in [3.63, 3.8) is 0 Å². The second-order valence-electron chi connectivity index (χ2n) is 4.74. The number of pyridine rings is 1. The van der Waals surface area contributed by atoms with Gasteiger partial charge in [0.25, 0.3) is 5.91 Å². The Kier molecular flexibility index (Phi) is 4.09. The standard InChI is InChI=1S/C16H13ClN2O3/c17-12-6-5-11(15-10(12)3-1-7-18-15)16(21)19-9-13(20)14-4-2-8-22-14/h1-8,13,20H,9H2,(H,19,21). The molecule has 0 radical (unpaired) electrons. The Morgan fingerprint density at radius 2 is 2.18 bits per heavy atom. The van der Waals surface area contributed by atoms with Gasteiger partial charge in [0.15, 0.2) is 0 Å². The number of benzene rings is 1. The van der Waals surface area contributed by atoms with Gasteiger partial charge in [-0.2, -0.15) is 0 Å². The molecule has 3 aromatic rings. The molecule has 0 bridgehead atoms. The Morgan fingerprint density at radius 3 is 2.95 bits per heavy atom. The Bertz CT molecular complexity index is 802. The van der Waals surface area contributed by atoms with Gasteiger partial charge in [0.2, 0.25) is 0 Å². The van der Waals surface area contributed by atoms with Crippen molar-refractivity contribution in [2.75, 3.05) is 6.54 Å². The molecule has 0 spiro atoms. The van der Waals surface area contributed by atoms with Crippen LogP contribution in [-0.4, -0.2) is 22.5 Å². The molecule has 1 unspecified atom stereocenters. The lowest BCUT2D eigenvalue weighted by Crippen LogP contribution is -2.28. The molecule has 3 rings (SSSR count). The van der Waals surface area contributed by atoms with E-state index in [1.807, 2.05) is 0 Å². The summed E-state index contributed by atoms with van der Waals surface area (Å²) in [5.74, 6) is 0.0744.